The number of fused-ring (bicyclic) bond motifs is 1. The van der Waals surface area contributed by atoms with Crippen molar-refractivity contribution in [2.75, 3.05) is 31.7 Å². The Hall–Kier alpha value is -2.28. The Kier molecular flexibility index (Phi) is 4.66. The van der Waals surface area contributed by atoms with Gasteiger partial charge in [0.05, 0.1) is 19.6 Å². The third-order valence-corrected chi connectivity index (χ3v) is 4.43. The van der Waals surface area contributed by atoms with Crippen LogP contribution in [-0.4, -0.2) is 44.3 Å². The summed E-state index contributed by atoms with van der Waals surface area (Å²) < 4.78 is 10.4. The van der Waals surface area contributed by atoms with E-state index in [0.29, 0.717) is 29.8 Å². The molecule has 2 heterocycles. The zero-order valence-corrected chi connectivity index (χ0v) is 13.2. The molecule has 7 nitrogen and oxygen atoms in total. The van der Waals surface area contributed by atoms with E-state index in [2.05, 4.69) is 17.6 Å². The van der Waals surface area contributed by atoms with Gasteiger partial charge in [-0.2, -0.15) is 0 Å². The van der Waals surface area contributed by atoms with Crippen LogP contribution in [0.15, 0.2) is 18.2 Å². The van der Waals surface area contributed by atoms with Crippen molar-refractivity contribution in [1.29, 1.82) is 0 Å². The molecule has 7 heteroatoms. The van der Waals surface area contributed by atoms with Gasteiger partial charge in [0.2, 0.25) is 6.79 Å². The first-order valence-corrected chi connectivity index (χ1v) is 8.00. The number of carbonyl (C=O) groups is 2. The number of nitrogens with one attached hydrogen (secondary N) is 3. The van der Waals surface area contributed by atoms with Gasteiger partial charge in [-0.25, -0.2) is 0 Å². The Morgan fingerprint density at radius 1 is 1.26 bits per heavy atom. The molecule has 1 unspecified atom stereocenters. The molecule has 124 valence electrons. The van der Waals surface area contributed by atoms with Crippen molar-refractivity contribution < 1.29 is 24.0 Å². The second-order valence-electron chi connectivity index (χ2n) is 5.83. The number of likely N-dealkylation sites (N-methyl/N-ethyl adjacent to an activating group) is 1. The summed E-state index contributed by atoms with van der Waals surface area (Å²) in [6.45, 7) is 5.04. The monoisotopic (exact) mass is 320 g/mol. The zero-order chi connectivity index (χ0) is 16.2. The number of benzene rings is 1. The van der Waals surface area contributed by atoms with Crippen molar-refractivity contribution >= 4 is 17.5 Å². The molecule has 1 saturated heterocycles. The highest BCUT2D eigenvalue weighted by atomic mass is 16.7. The van der Waals surface area contributed by atoms with Crippen molar-refractivity contribution in [3.8, 4) is 11.5 Å². The summed E-state index contributed by atoms with van der Waals surface area (Å²) in [5.41, 5.74) is 0.510. The van der Waals surface area contributed by atoms with Gasteiger partial charge in [0.1, 0.15) is 6.04 Å². The van der Waals surface area contributed by atoms with Crippen molar-refractivity contribution in [3.63, 3.8) is 0 Å². The molecule has 1 fully saturated rings. The molecule has 0 aliphatic carbocycles. The van der Waals surface area contributed by atoms with Crippen molar-refractivity contribution in [1.82, 2.24) is 5.32 Å². The number of carbonyl (C=O) groups excluding carboxylic acids is 2. The molecule has 0 radical (unpaired) electrons. The van der Waals surface area contributed by atoms with Gasteiger partial charge in [-0.15, -0.1) is 0 Å². The fraction of sp³-hybridized carbons (Fsp3) is 0.500. The molecule has 0 spiro atoms. The molecule has 1 aromatic carbocycles. The SMILES string of the molecule is CC[NH+]1CCC[C@H]1CNC(=O)C(=O)Nc1ccc2c(c1)OCO2. The number of amides is 2. The molecule has 3 N–H and O–H groups in total. The predicted molar refractivity (Wildman–Crippen MR) is 83.6 cm³/mol. The second kappa shape index (κ2) is 6.87. The van der Waals surface area contributed by atoms with Crippen molar-refractivity contribution in [3.05, 3.63) is 18.2 Å². The molecule has 2 amide bonds. The van der Waals surface area contributed by atoms with Crippen LogP contribution in [0.4, 0.5) is 5.69 Å². The fourth-order valence-electron chi connectivity index (χ4n) is 3.15. The molecule has 2 aliphatic heterocycles. The van der Waals surface area contributed by atoms with Gasteiger partial charge in [-0.3, -0.25) is 9.59 Å². The summed E-state index contributed by atoms with van der Waals surface area (Å²) in [5.74, 6) is -0.0717. The largest absolute Gasteiger partial charge is 0.454 e. The van der Waals surface area contributed by atoms with E-state index < -0.39 is 11.8 Å². The van der Waals surface area contributed by atoms with Crippen molar-refractivity contribution in [2.45, 2.75) is 25.8 Å². The lowest BCUT2D eigenvalue weighted by Crippen LogP contribution is -3.14. The maximum Gasteiger partial charge on any atom is 0.313 e. The average Bonchev–Trinajstić information content (AvgIpc) is 3.20. The van der Waals surface area contributed by atoms with E-state index in [-0.39, 0.29) is 6.79 Å². The van der Waals surface area contributed by atoms with Gasteiger partial charge in [0.25, 0.3) is 0 Å². The number of likely N-dealkylation sites (tertiary alicyclic amines) is 1. The fourth-order valence-corrected chi connectivity index (χ4v) is 3.15. The van der Waals surface area contributed by atoms with Crippen LogP contribution < -0.4 is 25.0 Å². The van der Waals surface area contributed by atoms with E-state index in [0.717, 1.165) is 19.5 Å². The Balaban J connectivity index is 1.50. The lowest BCUT2D eigenvalue weighted by molar-refractivity contribution is -0.909. The van der Waals surface area contributed by atoms with E-state index in [1.54, 1.807) is 18.2 Å². The molecule has 1 aromatic rings. The van der Waals surface area contributed by atoms with E-state index in [1.807, 2.05) is 0 Å². The van der Waals surface area contributed by atoms with Gasteiger partial charge in [-0.1, -0.05) is 0 Å². The van der Waals surface area contributed by atoms with Gasteiger partial charge in [0, 0.05) is 24.6 Å². The summed E-state index contributed by atoms with van der Waals surface area (Å²) >= 11 is 0. The van der Waals surface area contributed by atoms with Crippen LogP contribution in [0.5, 0.6) is 11.5 Å². The summed E-state index contributed by atoms with van der Waals surface area (Å²) in [4.78, 5) is 25.4. The molecule has 0 saturated carbocycles. The highest BCUT2D eigenvalue weighted by molar-refractivity contribution is 6.39. The Bertz CT molecular complexity index is 605. The molecule has 2 atom stereocenters. The maximum absolute atomic E-state index is 12.0. The topological polar surface area (TPSA) is 81.1 Å². The van der Waals surface area contributed by atoms with Gasteiger partial charge >= 0.3 is 11.8 Å². The van der Waals surface area contributed by atoms with Crippen molar-refractivity contribution in [2.24, 2.45) is 0 Å². The smallest absolute Gasteiger partial charge is 0.313 e. The molecule has 23 heavy (non-hydrogen) atoms. The summed E-state index contributed by atoms with van der Waals surface area (Å²) in [6.07, 6.45) is 2.26. The molecule has 0 bridgehead atoms. The first kappa shape index (κ1) is 15.6. The van der Waals surface area contributed by atoms with E-state index in [9.17, 15) is 9.59 Å². The lowest BCUT2D eigenvalue weighted by Gasteiger charge is -2.19. The zero-order valence-electron chi connectivity index (χ0n) is 13.2. The van der Waals surface area contributed by atoms with Crippen LogP contribution in [0, 0.1) is 0 Å². The molecular weight excluding hydrogens is 298 g/mol. The standard InChI is InChI=1S/C16H21N3O4/c1-2-19-7-3-4-12(19)9-17-15(20)16(21)18-11-5-6-13-14(8-11)23-10-22-13/h5-6,8,12H,2-4,7,9-10H2,1H3,(H,17,20)(H,18,21)/p+1/t12-/m0/s1. The number of quaternary nitrogens is 1. The number of ether oxygens (including phenoxy) is 2. The highest BCUT2D eigenvalue weighted by Gasteiger charge is 2.28. The normalized spacial score (nSPS) is 22.0. The summed E-state index contributed by atoms with van der Waals surface area (Å²) in [6, 6.07) is 5.44. The predicted octanol–water partition coefficient (Wildman–Crippen LogP) is -0.463. The van der Waals surface area contributed by atoms with Crippen LogP contribution in [0.1, 0.15) is 19.8 Å². The number of hydrogen-bond acceptors (Lipinski definition) is 4. The second-order valence-corrected chi connectivity index (χ2v) is 5.83. The van der Waals surface area contributed by atoms with Crippen LogP contribution >= 0.6 is 0 Å². The molecule has 3 rings (SSSR count). The van der Waals surface area contributed by atoms with Crippen LogP contribution in [-0.2, 0) is 9.59 Å². The number of anilines is 1. The van der Waals surface area contributed by atoms with Crippen LogP contribution in [0.3, 0.4) is 0 Å². The molecule has 2 aliphatic rings. The van der Waals surface area contributed by atoms with E-state index in [1.165, 1.54) is 11.3 Å². The number of rotatable bonds is 4. The third kappa shape index (κ3) is 3.56. The minimum Gasteiger partial charge on any atom is -0.454 e. The third-order valence-electron chi connectivity index (χ3n) is 4.43. The quantitative estimate of drug-likeness (QED) is 0.656. The van der Waals surface area contributed by atoms with Gasteiger partial charge in [0.15, 0.2) is 11.5 Å². The molecular formula is C16H22N3O4+. The van der Waals surface area contributed by atoms with Gasteiger partial charge in [-0.05, 0) is 19.1 Å². The Labute approximate surface area is 134 Å². The maximum atomic E-state index is 12.0. The van der Waals surface area contributed by atoms with Crippen LogP contribution in [0.25, 0.3) is 0 Å². The summed E-state index contributed by atoms with van der Waals surface area (Å²) in [7, 11) is 0. The first-order valence-electron chi connectivity index (χ1n) is 8.00. The minimum absolute atomic E-state index is 0.171. The first-order chi connectivity index (χ1) is 11.2. The lowest BCUT2D eigenvalue weighted by atomic mass is 10.2. The van der Waals surface area contributed by atoms with Gasteiger partial charge < -0.3 is 25.0 Å². The minimum atomic E-state index is -0.667. The van der Waals surface area contributed by atoms with E-state index in [4.69, 9.17) is 9.47 Å². The Morgan fingerprint density at radius 3 is 2.91 bits per heavy atom. The number of hydrogen-bond donors (Lipinski definition) is 3. The van der Waals surface area contributed by atoms with Crippen LogP contribution in [0.2, 0.25) is 0 Å². The average molecular weight is 320 g/mol. The molecule has 0 aromatic heterocycles. The van der Waals surface area contributed by atoms with E-state index >= 15 is 0 Å². The summed E-state index contributed by atoms with van der Waals surface area (Å²) in [5, 5.41) is 5.31. The Morgan fingerprint density at radius 2 is 2.09 bits per heavy atom. The highest BCUT2D eigenvalue weighted by Crippen LogP contribution is 2.34.